The number of imidazole rings is 1. The zero-order chi connectivity index (χ0) is 19.5. The fourth-order valence-electron chi connectivity index (χ4n) is 4.04. The van der Waals surface area contributed by atoms with Crippen molar-refractivity contribution in [3.63, 3.8) is 0 Å². The molecule has 0 atom stereocenters. The van der Waals surface area contributed by atoms with E-state index in [9.17, 15) is 4.79 Å². The van der Waals surface area contributed by atoms with Crippen LogP contribution in [-0.2, 0) is 11.2 Å². The van der Waals surface area contributed by atoms with Crippen LogP contribution in [0.15, 0.2) is 42.5 Å². The lowest BCUT2D eigenvalue weighted by Gasteiger charge is -2.30. The lowest BCUT2D eigenvalue weighted by molar-refractivity contribution is -0.117. The van der Waals surface area contributed by atoms with Crippen molar-refractivity contribution in [1.82, 2.24) is 14.9 Å². The van der Waals surface area contributed by atoms with Crippen LogP contribution in [0.4, 0.5) is 5.69 Å². The molecule has 1 amide bonds. The Morgan fingerprint density at radius 2 is 2.00 bits per heavy atom. The van der Waals surface area contributed by atoms with E-state index >= 15 is 0 Å². The van der Waals surface area contributed by atoms with E-state index in [2.05, 4.69) is 53.3 Å². The van der Waals surface area contributed by atoms with Gasteiger partial charge in [-0.25, -0.2) is 4.98 Å². The van der Waals surface area contributed by atoms with Crippen molar-refractivity contribution in [2.75, 3.05) is 25.0 Å². The van der Waals surface area contributed by atoms with Crippen LogP contribution >= 0.6 is 0 Å². The molecule has 5 nitrogen and oxygen atoms in total. The Morgan fingerprint density at radius 1 is 1.21 bits per heavy atom. The molecule has 0 aliphatic carbocycles. The normalized spacial score (nSPS) is 15.8. The average Bonchev–Trinajstić information content (AvgIpc) is 3.12. The SMILES string of the molecule is CCc1ccccc1NC(=O)CN1CCC(c2nc3ccc(C)cc3[nH]2)CC1. The summed E-state index contributed by atoms with van der Waals surface area (Å²) in [7, 11) is 0. The molecule has 4 rings (SSSR count). The van der Waals surface area contributed by atoms with E-state index in [1.165, 1.54) is 11.1 Å². The third kappa shape index (κ3) is 4.09. The maximum absolute atomic E-state index is 12.5. The molecule has 2 heterocycles. The van der Waals surface area contributed by atoms with E-state index < -0.39 is 0 Å². The van der Waals surface area contributed by atoms with Crippen molar-refractivity contribution in [1.29, 1.82) is 0 Å². The van der Waals surface area contributed by atoms with Crippen LogP contribution in [0.3, 0.4) is 0 Å². The van der Waals surface area contributed by atoms with E-state index in [-0.39, 0.29) is 5.91 Å². The highest BCUT2D eigenvalue weighted by molar-refractivity contribution is 5.93. The molecule has 2 aromatic carbocycles. The van der Waals surface area contributed by atoms with Crippen molar-refractivity contribution in [2.45, 2.75) is 39.0 Å². The summed E-state index contributed by atoms with van der Waals surface area (Å²) in [6.07, 6.45) is 2.97. The molecule has 3 aromatic rings. The van der Waals surface area contributed by atoms with Crippen LogP contribution in [0.1, 0.15) is 42.6 Å². The van der Waals surface area contributed by atoms with Crippen LogP contribution in [0.25, 0.3) is 11.0 Å². The molecule has 146 valence electrons. The Hall–Kier alpha value is -2.66. The van der Waals surface area contributed by atoms with Gasteiger partial charge >= 0.3 is 0 Å². The van der Waals surface area contributed by atoms with Crippen LogP contribution in [0, 0.1) is 6.92 Å². The van der Waals surface area contributed by atoms with Gasteiger partial charge in [-0.2, -0.15) is 0 Å². The summed E-state index contributed by atoms with van der Waals surface area (Å²) in [5.41, 5.74) is 5.51. The van der Waals surface area contributed by atoms with E-state index in [0.717, 1.165) is 54.9 Å². The van der Waals surface area contributed by atoms with E-state index in [4.69, 9.17) is 4.98 Å². The van der Waals surface area contributed by atoms with Gasteiger partial charge in [-0.05, 0) is 68.6 Å². The molecule has 0 saturated carbocycles. The quantitative estimate of drug-likeness (QED) is 0.700. The molecule has 0 radical (unpaired) electrons. The van der Waals surface area contributed by atoms with Gasteiger partial charge in [0.15, 0.2) is 0 Å². The van der Waals surface area contributed by atoms with E-state index in [0.29, 0.717) is 12.5 Å². The molecule has 28 heavy (non-hydrogen) atoms. The number of likely N-dealkylation sites (tertiary alicyclic amines) is 1. The molecule has 0 bridgehead atoms. The van der Waals surface area contributed by atoms with Gasteiger partial charge in [-0.15, -0.1) is 0 Å². The minimum atomic E-state index is 0.0681. The van der Waals surface area contributed by atoms with Crippen molar-refractivity contribution in [3.8, 4) is 0 Å². The smallest absolute Gasteiger partial charge is 0.238 e. The Balaban J connectivity index is 1.33. The highest BCUT2D eigenvalue weighted by atomic mass is 16.2. The molecular formula is C23H28N4O. The second kappa shape index (κ2) is 8.15. The van der Waals surface area contributed by atoms with Gasteiger partial charge in [0.05, 0.1) is 17.6 Å². The number of nitrogens with one attached hydrogen (secondary N) is 2. The number of amides is 1. The lowest BCUT2D eigenvalue weighted by Crippen LogP contribution is -2.39. The molecule has 0 unspecified atom stereocenters. The number of anilines is 1. The van der Waals surface area contributed by atoms with Crippen LogP contribution in [-0.4, -0.2) is 40.4 Å². The van der Waals surface area contributed by atoms with Gasteiger partial charge in [0, 0.05) is 11.6 Å². The van der Waals surface area contributed by atoms with E-state index in [1.54, 1.807) is 0 Å². The number of aryl methyl sites for hydroxylation is 2. The summed E-state index contributed by atoms with van der Waals surface area (Å²) in [6.45, 7) is 6.49. The summed E-state index contributed by atoms with van der Waals surface area (Å²) >= 11 is 0. The molecule has 1 saturated heterocycles. The number of rotatable bonds is 5. The minimum absolute atomic E-state index is 0.0681. The Kier molecular flexibility index (Phi) is 5.44. The van der Waals surface area contributed by atoms with E-state index in [1.807, 2.05) is 18.2 Å². The Bertz CT molecular complexity index is 970. The first-order valence-electron chi connectivity index (χ1n) is 10.2. The molecule has 1 aromatic heterocycles. The minimum Gasteiger partial charge on any atom is -0.342 e. The fraction of sp³-hybridized carbons (Fsp3) is 0.391. The topological polar surface area (TPSA) is 61.0 Å². The average molecular weight is 377 g/mol. The summed E-state index contributed by atoms with van der Waals surface area (Å²) in [5, 5.41) is 3.08. The predicted molar refractivity (Wildman–Crippen MR) is 114 cm³/mol. The monoisotopic (exact) mass is 376 g/mol. The number of nitrogens with zero attached hydrogens (tertiary/aromatic N) is 2. The molecule has 1 aliphatic heterocycles. The highest BCUT2D eigenvalue weighted by Gasteiger charge is 2.24. The molecule has 0 spiro atoms. The molecule has 2 N–H and O–H groups in total. The first-order chi connectivity index (χ1) is 13.6. The van der Waals surface area contributed by atoms with Gasteiger partial charge in [0.2, 0.25) is 5.91 Å². The third-order valence-corrected chi connectivity index (χ3v) is 5.67. The molecular weight excluding hydrogens is 348 g/mol. The maximum atomic E-state index is 12.5. The summed E-state index contributed by atoms with van der Waals surface area (Å²) in [4.78, 5) is 23.0. The maximum Gasteiger partial charge on any atom is 0.238 e. The van der Waals surface area contributed by atoms with Gasteiger partial charge in [-0.3, -0.25) is 9.69 Å². The number of aromatic amines is 1. The molecule has 1 aliphatic rings. The standard InChI is InChI=1S/C23H28N4O/c1-3-17-6-4-5-7-19(17)24-22(28)15-27-12-10-18(11-13-27)23-25-20-9-8-16(2)14-21(20)26-23/h4-9,14,18H,3,10-13,15H2,1-2H3,(H,24,28)(H,25,26). The van der Waals surface area contributed by atoms with Gasteiger partial charge in [0.25, 0.3) is 0 Å². The number of carbonyl (C=O) groups excluding carboxylic acids is 1. The van der Waals surface area contributed by atoms with Gasteiger partial charge < -0.3 is 10.3 Å². The van der Waals surface area contributed by atoms with Crippen molar-refractivity contribution in [2.24, 2.45) is 0 Å². The Morgan fingerprint density at radius 3 is 2.79 bits per heavy atom. The van der Waals surface area contributed by atoms with Gasteiger partial charge in [0.1, 0.15) is 5.82 Å². The summed E-state index contributed by atoms with van der Waals surface area (Å²) in [5.74, 6) is 1.59. The predicted octanol–water partition coefficient (Wildman–Crippen LogP) is 4.25. The van der Waals surface area contributed by atoms with Crippen LogP contribution in [0.2, 0.25) is 0 Å². The number of aromatic nitrogens is 2. The van der Waals surface area contributed by atoms with Gasteiger partial charge in [-0.1, -0.05) is 31.2 Å². The van der Waals surface area contributed by atoms with Crippen molar-refractivity contribution >= 4 is 22.6 Å². The number of hydrogen-bond donors (Lipinski definition) is 2. The number of piperidine rings is 1. The Labute approximate surface area is 166 Å². The number of hydrogen-bond acceptors (Lipinski definition) is 3. The zero-order valence-electron chi connectivity index (χ0n) is 16.7. The highest BCUT2D eigenvalue weighted by Crippen LogP contribution is 2.28. The first-order valence-corrected chi connectivity index (χ1v) is 10.2. The van der Waals surface area contributed by atoms with Crippen molar-refractivity contribution in [3.05, 3.63) is 59.4 Å². The van der Waals surface area contributed by atoms with Crippen LogP contribution in [0.5, 0.6) is 0 Å². The second-order valence-corrected chi connectivity index (χ2v) is 7.75. The first kappa shape index (κ1) is 18.7. The molecule has 5 heteroatoms. The number of fused-ring (bicyclic) bond motifs is 1. The van der Waals surface area contributed by atoms with Crippen molar-refractivity contribution < 1.29 is 4.79 Å². The fourth-order valence-corrected chi connectivity index (χ4v) is 4.04. The molecule has 1 fully saturated rings. The number of H-pyrrole nitrogens is 1. The van der Waals surface area contributed by atoms with Crippen LogP contribution < -0.4 is 5.32 Å². The number of carbonyl (C=O) groups is 1. The summed E-state index contributed by atoms with van der Waals surface area (Å²) in [6, 6.07) is 14.4. The second-order valence-electron chi connectivity index (χ2n) is 7.75. The number of para-hydroxylation sites is 1. The summed E-state index contributed by atoms with van der Waals surface area (Å²) < 4.78 is 0. The largest absolute Gasteiger partial charge is 0.342 e. The third-order valence-electron chi connectivity index (χ3n) is 5.67. The lowest BCUT2D eigenvalue weighted by atomic mass is 9.96. The number of benzene rings is 2. The zero-order valence-corrected chi connectivity index (χ0v) is 16.7.